The number of ether oxygens (including phenoxy) is 1. The molecule has 0 aliphatic carbocycles. The number of hydrogen-bond donors (Lipinski definition) is 0. The van der Waals surface area contributed by atoms with Gasteiger partial charge in [-0.05, 0) is 88.4 Å². The molecule has 1 aliphatic rings. The molecular weight excluding hydrogens is 476 g/mol. The van der Waals surface area contributed by atoms with Gasteiger partial charge in [-0.2, -0.15) is 0 Å². The van der Waals surface area contributed by atoms with E-state index in [2.05, 4.69) is 70.9 Å². The minimum atomic E-state index is 0.105. The molecule has 0 atom stereocenters. The second-order valence-corrected chi connectivity index (χ2v) is 10.0. The van der Waals surface area contributed by atoms with Crippen molar-refractivity contribution < 1.29 is 9.53 Å². The number of aryl methyl sites for hydroxylation is 1. The normalized spacial score (nSPS) is 15.8. The Labute approximate surface area is 207 Å². The standard InChI is InChI=1S/C28H37BrN2O2/c1-21-9-7-12-27(19-21)33-26-13-17-31(18-14-26)16-6-5-15-30(4)22(2)28(23(3)32)24-10-8-11-25(29)20-24/h7-12,19-20,26H,5-6,13-18H2,1-4H3/b28-22-. The molecule has 1 saturated heterocycles. The predicted molar refractivity (Wildman–Crippen MR) is 141 cm³/mol. The van der Waals surface area contributed by atoms with Crippen LogP contribution in [0.3, 0.4) is 0 Å². The lowest BCUT2D eigenvalue weighted by Gasteiger charge is -2.32. The number of unbranched alkanes of at least 4 members (excludes halogenated alkanes) is 1. The van der Waals surface area contributed by atoms with Gasteiger partial charge in [-0.25, -0.2) is 0 Å². The van der Waals surface area contributed by atoms with Gasteiger partial charge < -0.3 is 14.5 Å². The summed E-state index contributed by atoms with van der Waals surface area (Å²) in [5.74, 6) is 1.10. The van der Waals surface area contributed by atoms with Crippen molar-refractivity contribution in [3.63, 3.8) is 0 Å². The molecule has 0 N–H and O–H groups in total. The molecule has 2 aromatic carbocycles. The van der Waals surface area contributed by atoms with E-state index >= 15 is 0 Å². The summed E-state index contributed by atoms with van der Waals surface area (Å²) in [6.45, 7) is 10.1. The summed E-state index contributed by atoms with van der Waals surface area (Å²) >= 11 is 3.52. The number of benzene rings is 2. The van der Waals surface area contributed by atoms with Crippen LogP contribution >= 0.6 is 15.9 Å². The van der Waals surface area contributed by atoms with E-state index in [9.17, 15) is 4.79 Å². The van der Waals surface area contributed by atoms with Gasteiger partial charge in [0.1, 0.15) is 11.9 Å². The van der Waals surface area contributed by atoms with Crippen LogP contribution in [-0.4, -0.2) is 54.9 Å². The Morgan fingerprint density at radius 3 is 2.48 bits per heavy atom. The maximum Gasteiger partial charge on any atom is 0.162 e. The van der Waals surface area contributed by atoms with Gasteiger partial charge in [0.15, 0.2) is 5.78 Å². The first-order valence-corrected chi connectivity index (χ1v) is 12.8. The third-order valence-corrected chi connectivity index (χ3v) is 6.94. The van der Waals surface area contributed by atoms with E-state index in [0.29, 0.717) is 6.10 Å². The van der Waals surface area contributed by atoms with E-state index in [0.717, 1.165) is 78.9 Å². The SMILES string of the molecule is CC(=O)/C(=C(\C)N(C)CCCCN1CCC(Oc2cccc(C)c2)CC1)c1cccc(Br)c1. The molecule has 0 radical (unpaired) electrons. The summed E-state index contributed by atoms with van der Waals surface area (Å²) < 4.78 is 7.17. The summed E-state index contributed by atoms with van der Waals surface area (Å²) in [4.78, 5) is 17.2. The van der Waals surface area contributed by atoms with Crippen LogP contribution < -0.4 is 4.74 Å². The third-order valence-electron chi connectivity index (χ3n) is 6.44. The van der Waals surface area contributed by atoms with Gasteiger partial charge in [0.25, 0.3) is 0 Å². The van der Waals surface area contributed by atoms with E-state index in [1.165, 1.54) is 5.56 Å². The van der Waals surface area contributed by atoms with Gasteiger partial charge in [0, 0.05) is 42.4 Å². The molecule has 1 heterocycles. The van der Waals surface area contributed by atoms with E-state index in [1.807, 2.05) is 24.3 Å². The van der Waals surface area contributed by atoms with Crippen molar-refractivity contribution in [2.75, 3.05) is 33.2 Å². The second kappa shape index (κ2) is 12.4. The summed E-state index contributed by atoms with van der Waals surface area (Å²) in [6, 6.07) is 16.3. The average molecular weight is 514 g/mol. The number of likely N-dealkylation sites (tertiary alicyclic amines) is 1. The molecular formula is C28H37BrN2O2. The largest absolute Gasteiger partial charge is 0.490 e. The van der Waals surface area contributed by atoms with Crippen LogP contribution in [0.4, 0.5) is 0 Å². The van der Waals surface area contributed by atoms with Crippen LogP contribution in [0.25, 0.3) is 5.57 Å². The second-order valence-electron chi connectivity index (χ2n) is 9.13. The minimum absolute atomic E-state index is 0.105. The molecule has 1 aliphatic heterocycles. The van der Waals surface area contributed by atoms with Crippen LogP contribution in [-0.2, 0) is 4.79 Å². The highest BCUT2D eigenvalue weighted by Gasteiger charge is 2.20. The number of piperidine rings is 1. The number of rotatable bonds is 10. The van der Waals surface area contributed by atoms with Gasteiger partial charge in [0.05, 0.1) is 0 Å². The van der Waals surface area contributed by atoms with Crippen LogP contribution in [0, 0.1) is 6.92 Å². The number of ketones is 1. The first-order chi connectivity index (χ1) is 15.8. The molecule has 178 valence electrons. The summed E-state index contributed by atoms with van der Waals surface area (Å²) in [6.07, 6.45) is 4.77. The van der Waals surface area contributed by atoms with E-state index < -0.39 is 0 Å². The molecule has 0 spiro atoms. The van der Waals surface area contributed by atoms with Crippen molar-refractivity contribution in [2.45, 2.75) is 52.6 Å². The van der Waals surface area contributed by atoms with Crippen molar-refractivity contribution in [2.24, 2.45) is 0 Å². The number of allylic oxidation sites excluding steroid dienone is 2. The Bertz CT molecular complexity index is 964. The van der Waals surface area contributed by atoms with E-state index in [1.54, 1.807) is 6.92 Å². The molecule has 33 heavy (non-hydrogen) atoms. The fourth-order valence-electron chi connectivity index (χ4n) is 4.49. The van der Waals surface area contributed by atoms with Crippen molar-refractivity contribution in [3.05, 3.63) is 69.8 Å². The smallest absolute Gasteiger partial charge is 0.162 e. The molecule has 0 bridgehead atoms. The number of nitrogens with zero attached hydrogens (tertiary/aromatic N) is 2. The van der Waals surface area contributed by atoms with Crippen molar-refractivity contribution >= 4 is 27.3 Å². The van der Waals surface area contributed by atoms with Gasteiger partial charge >= 0.3 is 0 Å². The predicted octanol–water partition coefficient (Wildman–Crippen LogP) is 6.33. The Hall–Kier alpha value is -2.11. The number of Topliss-reactive ketones (excluding diaryl/α,β-unsaturated/α-hetero) is 1. The van der Waals surface area contributed by atoms with Gasteiger partial charge in [-0.1, -0.05) is 40.2 Å². The molecule has 0 unspecified atom stereocenters. The van der Waals surface area contributed by atoms with Crippen LogP contribution in [0.2, 0.25) is 0 Å². The zero-order valence-corrected chi connectivity index (χ0v) is 22.0. The summed E-state index contributed by atoms with van der Waals surface area (Å²) in [7, 11) is 2.09. The topological polar surface area (TPSA) is 32.8 Å². The Morgan fingerprint density at radius 2 is 1.82 bits per heavy atom. The maximum atomic E-state index is 12.4. The van der Waals surface area contributed by atoms with E-state index in [4.69, 9.17) is 4.74 Å². The van der Waals surface area contributed by atoms with Crippen LogP contribution in [0.5, 0.6) is 5.75 Å². The van der Waals surface area contributed by atoms with Crippen molar-refractivity contribution in [1.82, 2.24) is 9.80 Å². The first-order valence-electron chi connectivity index (χ1n) is 12.0. The monoisotopic (exact) mass is 512 g/mol. The lowest BCUT2D eigenvalue weighted by atomic mass is 10.00. The fourth-order valence-corrected chi connectivity index (χ4v) is 4.88. The first kappa shape index (κ1) is 25.5. The van der Waals surface area contributed by atoms with Crippen LogP contribution in [0.15, 0.2) is 58.7 Å². The number of carbonyl (C=O) groups excluding carboxylic acids is 1. The third kappa shape index (κ3) is 7.72. The summed E-state index contributed by atoms with van der Waals surface area (Å²) in [5, 5.41) is 0. The molecule has 2 aromatic rings. The minimum Gasteiger partial charge on any atom is -0.490 e. The quantitative estimate of drug-likeness (QED) is 0.275. The van der Waals surface area contributed by atoms with Crippen LogP contribution in [0.1, 0.15) is 50.7 Å². The van der Waals surface area contributed by atoms with Crippen molar-refractivity contribution in [1.29, 1.82) is 0 Å². The Kier molecular flexibility index (Phi) is 9.57. The number of halogens is 1. The highest BCUT2D eigenvalue weighted by molar-refractivity contribution is 9.10. The van der Waals surface area contributed by atoms with E-state index in [-0.39, 0.29) is 5.78 Å². The molecule has 4 nitrogen and oxygen atoms in total. The molecule has 0 aromatic heterocycles. The fraction of sp³-hybridized carbons (Fsp3) is 0.464. The lowest BCUT2D eigenvalue weighted by Crippen LogP contribution is -2.38. The average Bonchev–Trinajstić information content (AvgIpc) is 2.77. The number of carbonyl (C=O) groups is 1. The van der Waals surface area contributed by atoms with Gasteiger partial charge in [-0.15, -0.1) is 0 Å². The molecule has 1 fully saturated rings. The zero-order chi connectivity index (χ0) is 23.8. The highest BCUT2D eigenvalue weighted by Crippen LogP contribution is 2.25. The lowest BCUT2D eigenvalue weighted by molar-refractivity contribution is -0.111. The summed E-state index contributed by atoms with van der Waals surface area (Å²) in [5.41, 5.74) is 4.05. The Morgan fingerprint density at radius 1 is 1.09 bits per heavy atom. The molecule has 0 saturated carbocycles. The molecule has 0 amide bonds. The zero-order valence-electron chi connectivity index (χ0n) is 20.4. The molecule has 3 rings (SSSR count). The molecule has 5 heteroatoms. The van der Waals surface area contributed by atoms with Gasteiger partial charge in [0.2, 0.25) is 0 Å². The maximum absolute atomic E-state index is 12.4. The van der Waals surface area contributed by atoms with Gasteiger partial charge in [-0.3, -0.25) is 4.79 Å². The number of hydrogen-bond acceptors (Lipinski definition) is 4. The Balaban J connectivity index is 1.42. The van der Waals surface area contributed by atoms with Crippen molar-refractivity contribution in [3.8, 4) is 5.75 Å². The highest BCUT2D eigenvalue weighted by atomic mass is 79.9.